The first kappa shape index (κ1) is 17.9. The zero-order valence-corrected chi connectivity index (χ0v) is 13.4. The number of hydrogen-bond acceptors (Lipinski definition) is 2. The van der Waals surface area contributed by atoms with Gasteiger partial charge in [-0.2, -0.15) is 13.2 Å². The van der Waals surface area contributed by atoms with Crippen LogP contribution in [0.15, 0.2) is 60.7 Å². The van der Waals surface area contributed by atoms with E-state index in [1.807, 2.05) is 0 Å². The van der Waals surface area contributed by atoms with Crippen molar-refractivity contribution in [2.45, 2.75) is 37.0 Å². The highest BCUT2D eigenvalue weighted by Crippen LogP contribution is 2.38. The van der Waals surface area contributed by atoms with Gasteiger partial charge >= 0.3 is 6.18 Å². The molecule has 0 saturated carbocycles. The van der Waals surface area contributed by atoms with Crippen LogP contribution in [0.4, 0.5) is 17.6 Å². The molecule has 1 saturated heterocycles. The summed E-state index contributed by atoms with van der Waals surface area (Å²) in [7, 11) is 0. The Morgan fingerprint density at radius 1 is 1.00 bits per heavy atom. The van der Waals surface area contributed by atoms with Gasteiger partial charge in [0.15, 0.2) is 6.10 Å². The normalized spacial score (nSPS) is 25.0. The van der Waals surface area contributed by atoms with Crippen molar-refractivity contribution in [3.63, 3.8) is 0 Å². The van der Waals surface area contributed by atoms with Crippen LogP contribution in [0.25, 0.3) is 0 Å². The summed E-state index contributed by atoms with van der Waals surface area (Å²) in [6, 6.07) is 15.9. The lowest BCUT2D eigenvalue weighted by Gasteiger charge is -2.31. The van der Waals surface area contributed by atoms with Gasteiger partial charge in [0.1, 0.15) is 6.17 Å². The third kappa shape index (κ3) is 4.19. The predicted molar refractivity (Wildman–Crippen MR) is 86.9 cm³/mol. The summed E-state index contributed by atoms with van der Waals surface area (Å²) in [5.74, 6) is -0.899. The average molecular weight is 353 g/mol. The van der Waals surface area contributed by atoms with Gasteiger partial charge < -0.3 is 10.1 Å². The maximum atomic E-state index is 14.4. The molecule has 134 valence electrons. The van der Waals surface area contributed by atoms with E-state index in [9.17, 15) is 17.6 Å². The third-order valence-electron chi connectivity index (χ3n) is 4.43. The second kappa shape index (κ2) is 7.54. The van der Waals surface area contributed by atoms with Crippen LogP contribution >= 0.6 is 0 Å². The minimum Gasteiger partial charge on any atom is -0.362 e. The Balaban J connectivity index is 1.82. The maximum Gasteiger partial charge on any atom is 0.416 e. The van der Waals surface area contributed by atoms with Crippen LogP contribution in [0.5, 0.6) is 0 Å². The highest BCUT2D eigenvalue weighted by atomic mass is 19.4. The lowest BCUT2D eigenvalue weighted by molar-refractivity contribution is -0.232. The van der Waals surface area contributed by atoms with Gasteiger partial charge in [0, 0.05) is 12.5 Å². The molecule has 6 heteroatoms. The Morgan fingerprint density at radius 3 is 2.20 bits per heavy atom. The molecule has 1 heterocycles. The molecule has 0 spiro atoms. The number of ether oxygens (including phenoxy) is 1. The van der Waals surface area contributed by atoms with E-state index in [-0.39, 0.29) is 13.2 Å². The van der Waals surface area contributed by atoms with Gasteiger partial charge in [0.2, 0.25) is 0 Å². The van der Waals surface area contributed by atoms with Crippen LogP contribution in [0.2, 0.25) is 0 Å². The first-order chi connectivity index (χ1) is 12.0. The molecule has 1 fully saturated rings. The number of rotatable bonds is 5. The molecule has 2 nitrogen and oxygen atoms in total. The molecule has 1 aliphatic rings. The maximum absolute atomic E-state index is 14.4. The summed E-state index contributed by atoms with van der Waals surface area (Å²) in [5, 5.41) is 2.68. The van der Waals surface area contributed by atoms with E-state index in [2.05, 4.69) is 5.32 Å². The summed E-state index contributed by atoms with van der Waals surface area (Å²) < 4.78 is 60.4. The lowest BCUT2D eigenvalue weighted by atomic mass is 9.87. The van der Waals surface area contributed by atoms with Gasteiger partial charge in [0.05, 0.1) is 12.6 Å². The molecule has 2 aromatic carbocycles. The van der Waals surface area contributed by atoms with Gasteiger partial charge in [0.25, 0.3) is 0 Å². The van der Waals surface area contributed by atoms with Gasteiger partial charge in [-0.15, -0.1) is 0 Å². The Bertz CT molecular complexity index is 662. The molecule has 1 N–H and O–H groups in total. The monoisotopic (exact) mass is 353 g/mol. The number of hydrogen-bond donors (Lipinski definition) is 1. The number of alkyl halides is 4. The van der Waals surface area contributed by atoms with Crippen LogP contribution in [0.3, 0.4) is 0 Å². The summed E-state index contributed by atoms with van der Waals surface area (Å²) in [5.41, 5.74) is 1.19. The number of benzene rings is 2. The van der Waals surface area contributed by atoms with Crippen molar-refractivity contribution in [2.75, 3.05) is 6.54 Å². The van der Waals surface area contributed by atoms with Gasteiger partial charge in [-0.3, -0.25) is 0 Å². The third-order valence-corrected chi connectivity index (χ3v) is 4.43. The van der Waals surface area contributed by atoms with Crippen LogP contribution in [0.1, 0.15) is 17.0 Å². The smallest absolute Gasteiger partial charge is 0.362 e. The second-order valence-electron chi connectivity index (χ2n) is 6.15. The van der Waals surface area contributed by atoms with E-state index < -0.39 is 30.4 Å². The summed E-state index contributed by atoms with van der Waals surface area (Å²) in [6.07, 6.45) is -8.07. The fourth-order valence-electron chi connectivity index (χ4n) is 3.28. The summed E-state index contributed by atoms with van der Waals surface area (Å²) in [4.78, 5) is 0. The zero-order valence-electron chi connectivity index (χ0n) is 13.4. The largest absolute Gasteiger partial charge is 0.416 e. The Kier molecular flexibility index (Phi) is 5.39. The van der Waals surface area contributed by atoms with Crippen LogP contribution in [-0.2, 0) is 11.3 Å². The van der Waals surface area contributed by atoms with E-state index in [0.717, 1.165) is 0 Å². The Morgan fingerprint density at radius 2 is 1.60 bits per heavy atom. The fraction of sp³-hybridized carbons (Fsp3) is 0.368. The van der Waals surface area contributed by atoms with Gasteiger partial charge in [-0.1, -0.05) is 60.7 Å². The van der Waals surface area contributed by atoms with E-state index in [1.165, 1.54) is 0 Å². The molecule has 0 aromatic heterocycles. The lowest BCUT2D eigenvalue weighted by Crippen LogP contribution is -2.49. The minimum absolute atomic E-state index is 0.120. The van der Waals surface area contributed by atoms with Crippen molar-refractivity contribution in [3.8, 4) is 0 Å². The Labute approximate surface area is 143 Å². The molecule has 0 radical (unpaired) electrons. The van der Waals surface area contributed by atoms with Crippen LogP contribution in [0, 0.1) is 0 Å². The number of halogens is 4. The van der Waals surface area contributed by atoms with Crippen molar-refractivity contribution in [1.82, 2.24) is 5.32 Å². The molecule has 2 aromatic rings. The fourth-order valence-corrected chi connectivity index (χ4v) is 3.28. The van der Waals surface area contributed by atoms with Crippen molar-refractivity contribution < 1.29 is 22.3 Å². The van der Waals surface area contributed by atoms with Crippen LogP contribution in [-0.4, -0.2) is 31.0 Å². The molecule has 0 amide bonds. The summed E-state index contributed by atoms with van der Waals surface area (Å²) >= 11 is 0. The van der Waals surface area contributed by atoms with Gasteiger partial charge in [-0.05, 0) is 11.1 Å². The van der Waals surface area contributed by atoms with E-state index >= 15 is 0 Å². The predicted octanol–water partition coefficient (Wildman–Crippen LogP) is 4.23. The molecule has 25 heavy (non-hydrogen) atoms. The second-order valence-corrected chi connectivity index (χ2v) is 6.15. The van der Waals surface area contributed by atoms with Gasteiger partial charge in [-0.25, -0.2) is 4.39 Å². The van der Waals surface area contributed by atoms with E-state index in [4.69, 9.17) is 4.74 Å². The van der Waals surface area contributed by atoms with E-state index in [1.54, 1.807) is 60.7 Å². The van der Waals surface area contributed by atoms with E-state index in [0.29, 0.717) is 11.1 Å². The van der Waals surface area contributed by atoms with Crippen molar-refractivity contribution >= 4 is 0 Å². The first-order valence-electron chi connectivity index (χ1n) is 8.11. The molecule has 1 aliphatic heterocycles. The number of nitrogens with one attached hydrogen (secondary N) is 1. The van der Waals surface area contributed by atoms with Crippen molar-refractivity contribution in [2.24, 2.45) is 0 Å². The van der Waals surface area contributed by atoms with Crippen LogP contribution < -0.4 is 5.32 Å². The molecule has 3 rings (SSSR count). The van der Waals surface area contributed by atoms with Crippen molar-refractivity contribution in [3.05, 3.63) is 71.8 Å². The zero-order chi connectivity index (χ0) is 17.9. The van der Waals surface area contributed by atoms with Crippen molar-refractivity contribution in [1.29, 1.82) is 0 Å². The highest BCUT2D eigenvalue weighted by Gasteiger charge is 2.52. The minimum atomic E-state index is -4.59. The quantitative estimate of drug-likeness (QED) is 0.813. The molecular weight excluding hydrogens is 334 g/mol. The first-order valence-corrected chi connectivity index (χ1v) is 8.11. The Hall–Kier alpha value is -1.92. The molecular formula is C19H19F4NO. The molecule has 4 atom stereocenters. The molecule has 4 unspecified atom stereocenters. The molecule has 0 aliphatic carbocycles. The topological polar surface area (TPSA) is 21.3 Å². The highest BCUT2D eigenvalue weighted by molar-refractivity contribution is 5.26. The SMILES string of the molecule is FC1CNC(C(OCc2ccccc2)C(F)(F)F)C1c1ccccc1. The molecule has 0 bridgehead atoms. The standard InChI is InChI=1S/C19H19F4NO/c20-15-11-24-17(16(15)14-9-5-2-6-10-14)18(19(21,22)23)25-12-13-7-3-1-4-8-13/h1-10,15-18,24H,11-12H2. The average Bonchev–Trinajstić information content (AvgIpc) is 2.97. The summed E-state index contributed by atoms with van der Waals surface area (Å²) in [6.45, 7) is -0.298.